The molecule has 5 aliphatic heterocycles. The van der Waals surface area contributed by atoms with E-state index in [9.17, 15) is 0 Å². The third kappa shape index (κ3) is 9.07. The van der Waals surface area contributed by atoms with Crippen LogP contribution in [-0.2, 0) is 42.5 Å². The number of ether oxygens (including phenoxy) is 2. The molecule has 2 bridgehead atoms. The SMILES string of the molecule is CCC12C(=O)C34C5C[C@H](Cc6ccc(Cl)cc6)N(C)C3[C@@H](COC)NC4[C@H](C)N(Cc3ccc(Cl)cc3Oc3cc(F)c(-c4cnc(CN6CCCC6)n4C)c(F)c3)C1C[C@@H](Cc1ccccc1)C2N(C)[C@@H](C)CN5. The summed E-state index contributed by atoms with van der Waals surface area (Å²) in [5.74, 6) is 0.196. The second kappa shape index (κ2) is 21.2. The van der Waals surface area contributed by atoms with Gasteiger partial charge >= 0.3 is 0 Å². The minimum absolute atomic E-state index is 0.0225. The van der Waals surface area contributed by atoms with Crippen molar-refractivity contribution in [2.75, 3.05) is 47.4 Å². The Labute approximate surface area is 452 Å². The molecule has 6 fully saturated rings. The van der Waals surface area contributed by atoms with Gasteiger partial charge in [-0.2, -0.15) is 0 Å². The molecule has 0 radical (unpaired) electrons. The lowest BCUT2D eigenvalue weighted by molar-refractivity contribution is -0.154. The van der Waals surface area contributed by atoms with E-state index in [-0.39, 0.29) is 71.6 Å². The van der Waals surface area contributed by atoms with Crippen molar-refractivity contribution in [3.05, 3.63) is 135 Å². The molecule has 1 aromatic heterocycles. The number of hydrogen-bond acceptors (Lipinski definition) is 10. The molecule has 2 N–H and O–H groups in total. The van der Waals surface area contributed by atoms with Crippen LogP contribution in [0.25, 0.3) is 11.3 Å². The predicted octanol–water partition coefficient (Wildman–Crippen LogP) is 9.81. The van der Waals surface area contributed by atoms with Gasteiger partial charge in [-0.05, 0) is 127 Å². The molecule has 1 spiro atoms. The number of halogens is 4. The number of benzene rings is 4. The Morgan fingerprint density at radius 1 is 0.840 bits per heavy atom. The molecular formula is C60H74Cl2F2N8O3. The third-order valence-electron chi connectivity index (χ3n) is 19.2. The summed E-state index contributed by atoms with van der Waals surface area (Å²) in [4.78, 5) is 32.1. The van der Waals surface area contributed by atoms with Crippen LogP contribution in [0.5, 0.6) is 11.5 Å². The first-order valence-electron chi connectivity index (χ1n) is 27.4. The number of methoxy groups -OCH3 is 1. The lowest BCUT2D eigenvalue weighted by Crippen LogP contribution is -2.73. The first-order valence-corrected chi connectivity index (χ1v) is 28.1. The van der Waals surface area contributed by atoms with Crippen molar-refractivity contribution >= 4 is 29.0 Å². The average molecular weight is 1060 g/mol. The van der Waals surface area contributed by atoms with Gasteiger partial charge in [0.25, 0.3) is 0 Å². The summed E-state index contributed by atoms with van der Waals surface area (Å²) in [7, 11) is 8.07. The number of Topliss-reactive ketones (excluding diaryl/α,β-unsaturated/α-hetero) is 1. The van der Waals surface area contributed by atoms with Gasteiger partial charge in [-0.3, -0.25) is 24.4 Å². The standard InChI is InChI=1S/C60H74Cl2F2N8O3/c1-8-59-52-26-41(24-38-14-10-9-11-15-38)56(59)68(4)36(2)31-65-51-28-44(25-39-16-19-42(61)20-17-39)69(5)57-48(35-74-7)67-55(60(51,57)58(59)73)37(3)72(52)33-40-18-21-43(62)27-50(40)75-45-29-46(63)54(47(64)30-45)49-32-66-53(70(49)6)34-71-22-12-13-23-71/h9-11,14-21,27,29-30,32,36-37,41,44,48,51-52,55-57,65,67H,8,12-13,22-26,28,31,33-35H2,1-7H3/t36-,37-,41+,44-,48+,51?,52?,55?,56?,57?,59?,60?/m0/s1. The normalized spacial score (nSPS) is 32.3. The number of ketones is 1. The van der Waals surface area contributed by atoms with Gasteiger partial charge in [0.1, 0.15) is 29.0 Å². The van der Waals surface area contributed by atoms with Crippen LogP contribution in [0.2, 0.25) is 10.0 Å². The van der Waals surface area contributed by atoms with E-state index in [1.807, 2.05) is 31.3 Å². The third-order valence-corrected chi connectivity index (χ3v) is 19.7. The summed E-state index contributed by atoms with van der Waals surface area (Å²) in [6.07, 6.45) is 7.72. The largest absolute Gasteiger partial charge is 0.457 e. The Hall–Kier alpha value is -4.28. The van der Waals surface area contributed by atoms with Crippen molar-refractivity contribution in [2.45, 2.75) is 133 Å². The fraction of sp³-hybridized carbons (Fsp3) is 0.533. The molecule has 11 rings (SSSR count). The van der Waals surface area contributed by atoms with Crippen molar-refractivity contribution in [2.24, 2.45) is 23.8 Å². The van der Waals surface area contributed by atoms with Gasteiger partial charge in [0.05, 0.1) is 41.4 Å². The van der Waals surface area contributed by atoms with Crippen LogP contribution < -0.4 is 15.4 Å². The van der Waals surface area contributed by atoms with E-state index in [1.165, 1.54) is 23.3 Å². The number of imidazole rings is 1. The fourth-order valence-corrected chi connectivity index (χ4v) is 16.0. The molecule has 6 heterocycles. The van der Waals surface area contributed by atoms with E-state index < -0.39 is 22.5 Å². The lowest BCUT2D eigenvalue weighted by Gasteiger charge is -2.57. The van der Waals surface area contributed by atoms with Crippen LogP contribution in [0.4, 0.5) is 8.78 Å². The van der Waals surface area contributed by atoms with Gasteiger partial charge in [-0.25, -0.2) is 13.8 Å². The maximum Gasteiger partial charge on any atom is 0.153 e. The van der Waals surface area contributed by atoms with Gasteiger partial charge in [0.2, 0.25) is 0 Å². The second-order valence-electron chi connectivity index (χ2n) is 22.9. The zero-order valence-corrected chi connectivity index (χ0v) is 46.1. The van der Waals surface area contributed by atoms with Crippen molar-refractivity contribution in [1.29, 1.82) is 0 Å². The molecular weight excluding hydrogens is 990 g/mol. The van der Waals surface area contributed by atoms with E-state index >= 15 is 13.6 Å². The molecule has 4 aromatic carbocycles. The molecule has 1 aliphatic carbocycles. The number of hydrogen-bond donors (Lipinski definition) is 2. The molecule has 5 aromatic rings. The number of piperidine rings is 1. The molecule has 6 aliphatic rings. The molecule has 5 saturated heterocycles. The Balaban J connectivity index is 1.02. The summed E-state index contributed by atoms with van der Waals surface area (Å²) in [6.45, 7) is 11.1. The first-order chi connectivity index (χ1) is 36.2. The summed E-state index contributed by atoms with van der Waals surface area (Å²) >= 11 is 13.2. The van der Waals surface area contributed by atoms with Crippen molar-refractivity contribution in [3.8, 4) is 22.8 Å². The van der Waals surface area contributed by atoms with E-state index in [0.29, 0.717) is 53.4 Å². The lowest BCUT2D eigenvalue weighted by atomic mass is 9.54. The zero-order valence-electron chi connectivity index (χ0n) is 44.5. The van der Waals surface area contributed by atoms with Gasteiger partial charge < -0.3 is 24.7 Å². The summed E-state index contributed by atoms with van der Waals surface area (Å²) < 4.78 is 47.4. The highest BCUT2D eigenvalue weighted by Crippen LogP contribution is 2.63. The van der Waals surface area contributed by atoms with Crippen molar-refractivity contribution in [3.63, 3.8) is 0 Å². The maximum atomic E-state index is 17.5. The topological polar surface area (TPSA) is 90.4 Å². The van der Waals surface area contributed by atoms with Crippen LogP contribution in [0.1, 0.15) is 75.4 Å². The number of carbonyl (C=O) groups excluding carboxylic acids is 1. The molecule has 1 saturated carbocycles. The molecule has 7 unspecified atom stereocenters. The maximum absolute atomic E-state index is 17.5. The number of likely N-dealkylation sites (N-methyl/N-ethyl adjacent to an activating group) is 2. The highest BCUT2D eigenvalue weighted by molar-refractivity contribution is 6.31. The first kappa shape index (κ1) is 52.8. The molecule has 12 atom stereocenters. The van der Waals surface area contributed by atoms with E-state index in [2.05, 4.69) is 113 Å². The monoisotopic (exact) mass is 1060 g/mol. The van der Waals surface area contributed by atoms with Gasteiger partial charge in [-0.15, -0.1) is 0 Å². The number of carbonyl (C=O) groups is 1. The number of aromatic nitrogens is 2. The molecule has 15 heteroatoms. The molecule has 0 amide bonds. The second-order valence-corrected chi connectivity index (χ2v) is 23.8. The Morgan fingerprint density at radius 3 is 2.25 bits per heavy atom. The van der Waals surface area contributed by atoms with Crippen LogP contribution in [0, 0.1) is 28.4 Å². The number of nitrogens with zero attached hydrogens (tertiary/aromatic N) is 6. The quantitative estimate of drug-likeness (QED) is 0.112. The number of likely N-dealkylation sites (tertiary alicyclic amines) is 3. The minimum Gasteiger partial charge on any atom is -0.457 e. The van der Waals surface area contributed by atoms with Gasteiger partial charge in [-0.1, -0.05) is 78.7 Å². The Bertz CT molecular complexity index is 2850. The summed E-state index contributed by atoms with van der Waals surface area (Å²) in [5.41, 5.74) is 1.83. The fourth-order valence-electron chi connectivity index (χ4n) is 15.7. The Morgan fingerprint density at radius 2 is 1.55 bits per heavy atom. The van der Waals surface area contributed by atoms with Crippen LogP contribution >= 0.6 is 23.2 Å². The molecule has 400 valence electrons. The molecule has 75 heavy (non-hydrogen) atoms. The van der Waals surface area contributed by atoms with Crippen molar-refractivity contribution < 1.29 is 23.0 Å². The van der Waals surface area contributed by atoms with E-state index in [4.69, 9.17) is 32.7 Å². The number of nitrogens with one attached hydrogen (secondary N) is 2. The van der Waals surface area contributed by atoms with E-state index in [1.54, 1.807) is 23.9 Å². The van der Waals surface area contributed by atoms with Crippen LogP contribution in [0.3, 0.4) is 0 Å². The predicted molar refractivity (Wildman–Crippen MR) is 292 cm³/mol. The summed E-state index contributed by atoms with van der Waals surface area (Å²) in [6, 6.07) is 26.1. The van der Waals surface area contributed by atoms with E-state index in [0.717, 1.165) is 69.5 Å². The summed E-state index contributed by atoms with van der Waals surface area (Å²) in [5, 5.41) is 9.51. The highest BCUT2D eigenvalue weighted by atomic mass is 35.5. The van der Waals surface area contributed by atoms with Gasteiger partial charge in [0, 0.05) is 109 Å². The zero-order chi connectivity index (χ0) is 52.5. The van der Waals surface area contributed by atoms with Crippen molar-refractivity contribution in [1.82, 2.24) is 39.8 Å². The molecule has 11 nitrogen and oxygen atoms in total. The highest BCUT2D eigenvalue weighted by Gasteiger charge is 2.77. The van der Waals surface area contributed by atoms with Crippen LogP contribution in [-0.4, -0.2) is 137 Å². The van der Waals surface area contributed by atoms with Gasteiger partial charge in [0.15, 0.2) is 5.78 Å². The van der Waals surface area contributed by atoms with Crippen LogP contribution in [0.15, 0.2) is 91.1 Å². The Kier molecular flexibility index (Phi) is 14.9. The smallest absolute Gasteiger partial charge is 0.153 e. The number of rotatable bonds is 14. The average Bonchev–Trinajstić information content (AvgIpc) is 4.39. The minimum atomic E-state index is -0.861.